The molecule has 0 amide bonds. The number of nitrogens with zero attached hydrogens (tertiary/aromatic N) is 6. The lowest BCUT2D eigenvalue weighted by atomic mass is 10.1. The van der Waals surface area contributed by atoms with Gasteiger partial charge in [0.2, 0.25) is 5.13 Å². The number of nitriles is 1. The van der Waals surface area contributed by atoms with Crippen LogP contribution in [0.5, 0.6) is 0 Å². The number of fused-ring (bicyclic) bond motifs is 1. The number of aromatic nitrogens is 1. The van der Waals surface area contributed by atoms with E-state index in [4.69, 9.17) is 10.00 Å². The van der Waals surface area contributed by atoms with Crippen molar-refractivity contribution in [2.75, 3.05) is 24.6 Å². The maximum atomic E-state index is 12.3. The number of hydrogen-bond donors (Lipinski definition) is 0. The van der Waals surface area contributed by atoms with Crippen LogP contribution in [-0.2, 0) is 4.74 Å². The van der Waals surface area contributed by atoms with Gasteiger partial charge < -0.3 is 9.64 Å². The Bertz CT molecular complexity index is 1520. The molecule has 190 valence electrons. The van der Waals surface area contributed by atoms with Crippen molar-refractivity contribution in [3.63, 3.8) is 0 Å². The summed E-state index contributed by atoms with van der Waals surface area (Å²) in [7, 11) is 0. The van der Waals surface area contributed by atoms with Crippen molar-refractivity contribution in [3.8, 4) is 6.07 Å². The predicted molar refractivity (Wildman–Crippen MR) is 146 cm³/mol. The molecular formula is C27H22N6O4S. The minimum Gasteiger partial charge on any atom is -0.460 e. The van der Waals surface area contributed by atoms with Crippen LogP contribution in [0.1, 0.15) is 22.3 Å². The molecule has 0 saturated heterocycles. The Hall–Kier alpha value is -4.95. The number of carbonyl (C=O) groups excluding carboxylic acids is 1. The molecule has 0 saturated carbocycles. The first-order valence-electron chi connectivity index (χ1n) is 11.5. The van der Waals surface area contributed by atoms with E-state index in [0.717, 1.165) is 11.3 Å². The van der Waals surface area contributed by atoms with Gasteiger partial charge in [-0.05, 0) is 48.0 Å². The van der Waals surface area contributed by atoms with E-state index >= 15 is 0 Å². The smallest absolute Gasteiger partial charge is 0.338 e. The van der Waals surface area contributed by atoms with E-state index in [1.807, 2.05) is 17.0 Å². The Labute approximate surface area is 222 Å². The van der Waals surface area contributed by atoms with Crippen LogP contribution in [-0.4, -0.2) is 35.6 Å². The summed E-state index contributed by atoms with van der Waals surface area (Å²) in [5.74, 6) is -0.416. The van der Waals surface area contributed by atoms with E-state index in [1.54, 1.807) is 48.5 Å². The van der Waals surface area contributed by atoms with Crippen molar-refractivity contribution in [3.05, 3.63) is 94.6 Å². The number of anilines is 1. The van der Waals surface area contributed by atoms with Gasteiger partial charge in [-0.1, -0.05) is 36.1 Å². The minimum atomic E-state index is -0.450. The fourth-order valence-corrected chi connectivity index (χ4v) is 4.35. The Morgan fingerprint density at radius 1 is 1.13 bits per heavy atom. The molecule has 0 spiro atoms. The third-order valence-electron chi connectivity index (χ3n) is 5.51. The minimum absolute atomic E-state index is 0.00174. The van der Waals surface area contributed by atoms with Gasteiger partial charge in [0, 0.05) is 24.4 Å². The van der Waals surface area contributed by atoms with Gasteiger partial charge in [-0.15, -0.1) is 10.2 Å². The van der Waals surface area contributed by atoms with Gasteiger partial charge in [0.1, 0.15) is 6.61 Å². The third-order valence-corrected chi connectivity index (χ3v) is 6.41. The number of azo groups is 1. The van der Waals surface area contributed by atoms with Crippen LogP contribution < -0.4 is 4.90 Å². The highest BCUT2D eigenvalue weighted by Gasteiger charge is 2.12. The van der Waals surface area contributed by atoms with E-state index in [9.17, 15) is 14.9 Å². The number of rotatable bonds is 11. The molecule has 1 aromatic heterocycles. The molecule has 3 aromatic carbocycles. The molecule has 4 rings (SSSR count). The number of nitro benzene ring substituents is 1. The molecule has 0 radical (unpaired) electrons. The Balaban J connectivity index is 1.38. The zero-order chi connectivity index (χ0) is 26.9. The lowest BCUT2D eigenvalue weighted by Gasteiger charge is -2.23. The summed E-state index contributed by atoms with van der Waals surface area (Å²) in [5, 5.41) is 28.8. The molecule has 0 atom stereocenters. The van der Waals surface area contributed by atoms with Gasteiger partial charge in [0.15, 0.2) is 0 Å². The number of ether oxygens (including phenoxy) is 1. The van der Waals surface area contributed by atoms with Crippen LogP contribution >= 0.6 is 11.3 Å². The second-order valence-electron chi connectivity index (χ2n) is 7.98. The molecule has 0 aliphatic heterocycles. The summed E-state index contributed by atoms with van der Waals surface area (Å²) < 4.78 is 6.08. The largest absolute Gasteiger partial charge is 0.460 e. The van der Waals surface area contributed by atoms with Crippen molar-refractivity contribution in [1.82, 2.24) is 4.98 Å². The highest BCUT2D eigenvalue weighted by molar-refractivity contribution is 7.21. The zero-order valence-corrected chi connectivity index (χ0v) is 21.0. The van der Waals surface area contributed by atoms with Crippen molar-refractivity contribution in [2.24, 2.45) is 10.2 Å². The van der Waals surface area contributed by atoms with E-state index in [2.05, 4.69) is 27.9 Å². The Morgan fingerprint density at radius 3 is 2.58 bits per heavy atom. The van der Waals surface area contributed by atoms with Gasteiger partial charge in [-0.2, -0.15) is 5.26 Å². The average Bonchev–Trinajstić information content (AvgIpc) is 3.36. The van der Waals surface area contributed by atoms with Gasteiger partial charge in [-0.25, -0.2) is 9.78 Å². The van der Waals surface area contributed by atoms with Crippen molar-refractivity contribution >= 4 is 55.8 Å². The normalized spacial score (nSPS) is 10.8. The first-order valence-corrected chi connectivity index (χ1v) is 12.4. The molecule has 38 heavy (non-hydrogen) atoms. The van der Waals surface area contributed by atoms with Crippen molar-refractivity contribution in [1.29, 1.82) is 5.26 Å². The first-order chi connectivity index (χ1) is 18.5. The monoisotopic (exact) mass is 526 g/mol. The Kier molecular flexibility index (Phi) is 8.48. The average molecular weight is 527 g/mol. The number of non-ortho nitro benzene ring substituents is 1. The number of benzene rings is 3. The third kappa shape index (κ3) is 6.63. The highest BCUT2D eigenvalue weighted by Crippen LogP contribution is 2.32. The molecule has 0 unspecified atom stereocenters. The zero-order valence-electron chi connectivity index (χ0n) is 20.2. The topological polar surface area (TPSA) is 134 Å². The number of hydrogen-bond acceptors (Lipinski definition) is 10. The molecule has 0 bridgehead atoms. The van der Waals surface area contributed by atoms with Crippen LogP contribution in [0.25, 0.3) is 16.3 Å². The van der Waals surface area contributed by atoms with Crippen LogP contribution in [0.4, 0.5) is 22.2 Å². The van der Waals surface area contributed by atoms with Crippen LogP contribution in [0.15, 0.2) is 83.5 Å². The number of thiazole rings is 1. The first kappa shape index (κ1) is 26.1. The summed E-state index contributed by atoms with van der Waals surface area (Å²) in [4.78, 5) is 29.1. The van der Waals surface area contributed by atoms with E-state index in [-0.39, 0.29) is 12.3 Å². The number of esters is 1. The molecule has 4 aromatic rings. The van der Waals surface area contributed by atoms with Crippen molar-refractivity contribution in [2.45, 2.75) is 6.42 Å². The summed E-state index contributed by atoms with van der Waals surface area (Å²) >= 11 is 1.22. The van der Waals surface area contributed by atoms with Crippen LogP contribution in [0.3, 0.4) is 0 Å². The molecule has 10 nitrogen and oxygen atoms in total. The lowest BCUT2D eigenvalue weighted by Crippen LogP contribution is -2.29. The summed E-state index contributed by atoms with van der Waals surface area (Å²) in [5.41, 5.74) is 3.43. The van der Waals surface area contributed by atoms with Crippen LogP contribution in [0, 0.1) is 21.4 Å². The molecule has 0 aliphatic carbocycles. The maximum Gasteiger partial charge on any atom is 0.338 e. The molecule has 0 N–H and O–H groups in total. The molecule has 0 aliphatic rings. The van der Waals surface area contributed by atoms with Gasteiger partial charge in [0.05, 0.1) is 45.4 Å². The summed E-state index contributed by atoms with van der Waals surface area (Å²) in [6.07, 6.45) is 2.01. The van der Waals surface area contributed by atoms with Gasteiger partial charge in [-0.3, -0.25) is 10.1 Å². The molecule has 1 heterocycles. The maximum absolute atomic E-state index is 12.3. The fraction of sp³-hybridized carbons (Fsp3) is 0.148. The standard InChI is InChI=1S/C27H22N6O4S/c1-2-19-4-6-20(7-5-19)26(34)37-17-16-32(15-3-14-28)22-10-8-21(9-11-22)30-31-27-29-24-13-12-23(33(35)36)18-25(24)38-27/h2,4-13,18H,1,3,15-17H2/b31-30+. The second kappa shape index (κ2) is 12.3. The molecule has 11 heteroatoms. The van der Waals surface area contributed by atoms with E-state index in [1.165, 1.54) is 23.5 Å². The summed E-state index contributed by atoms with van der Waals surface area (Å²) in [6.45, 7) is 4.74. The number of carbonyl (C=O) groups is 1. The SMILES string of the molecule is C=Cc1ccc(C(=O)OCCN(CCC#N)c2ccc(/N=N/c3nc4ccc([N+](=O)[O-])cc4s3)cc2)cc1. The Morgan fingerprint density at radius 2 is 1.89 bits per heavy atom. The van der Waals surface area contributed by atoms with Crippen molar-refractivity contribution < 1.29 is 14.5 Å². The van der Waals surface area contributed by atoms with Gasteiger partial charge in [0.25, 0.3) is 5.69 Å². The summed E-state index contributed by atoms with van der Waals surface area (Å²) in [6, 6.07) is 20.8. The fourth-order valence-electron chi connectivity index (χ4n) is 3.53. The van der Waals surface area contributed by atoms with E-state index in [0.29, 0.717) is 46.1 Å². The van der Waals surface area contributed by atoms with Crippen LogP contribution in [0.2, 0.25) is 0 Å². The van der Waals surface area contributed by atoms with E-state index < -0.39 is 10.9 Å². The quantitative estimate of drug-likeness (QED) is 0.0903. The molecular weight excluding hydrogens is 504 g/mol. The van der Waals surface area contributed by atoms with Gasteiger partial charge >= 0.3 is 5.97 Å². The molecule has 0 fully saturated rings. The predicted octanol–water partition coefficient (Wildman–Crippen LogP) is 6.84. The lowest BCUT2D eigenvalue weighted by molar-refractivity contribution is -0.384. The second-order valence-corrected chi connectivity index (χ2v) is 8.99. The highest BCUT2D eigenvalue weighted by atomic mass is 32.1. The number of nitro groups is 1.